The molecule has 214 valence electrons. The highest BCUT2D eigenvalue weighted by Crippen LogP contribution is 2.36. The summed E-state index contributed by atoms with van der Waals surface area (Å²) >= 11 is 0. The third-order valence-electron chi connectivity index (χ3n) is 6.69. The Hall–Kier alpha value is -2.33. The third-order valence-corrected chi connectivity index (χ3v) is 6.69. The normalized spacial score (nSPS) is 18.9. The summed E-state index contributed by atoms with van der Waals surface area (Å²) in [5.74, 6) is -0.313. The fraction of sp³-hybridized carbons (Fsp3) is 0.714. The molecule has 0 bridgehead atoms. The van der Waals surface area contributed by atoms with Crippen molar-refractivity contribution in [1.82, 2.24) is 14.7 Å². The van der Waals surface area contributed by atoms with Gasteiger partial charge in [-0.1, -0.05) is 6.07 Å². The van der Waals surface area contributed by atoms with Gasteiger partial charge in [-0.25, -0.2) is 4.79 Å². The van der Waals surface area contributed by atoms with Gasteiger partial charge >= 0.3 is 18.2 Å². The number of carbonyl (C=O) groups excluding carboxylic acids is 2. The molecule has 0 spiro atoms. The first kappa shape index (κ1) is 30.2. The van der Waals surface area contributed by atoms with Crippen LogP contribution < -0.4 is 0 Å². The van der Waals surface area contributed by atoms with Crippen LogP contribution >= 0.6 is 0 Å². The zero-order valence-corrected chi connectivity index (χ0v) is 23.5. The fourth-order valence-corrected chi connectivity index (χ4v) is 4.91. The maximum absolute atomic E-state index is 13.6. The topological polar surface area (TPSA) is 62.3 Å². The number of nitrogens with zero attached hydrogens (tertiary/aromatic N) is 3. The van der Waals surface area contributed by atoms with Crippen molar-refractivity contribution in [3.8, 4) is 0 Å². The van der Waals surface area contributed by atoms with Crippen molar-refractivity contribution in [2.45, 2.75) is 84.2 Å². The summed E-state index contributed by atoms with van der Waals surface area (Å²) in [6, 6.07) is 4.07. The smallest absolute Gasteiger partial charge is 0.416 e. The number of hydrogen-bond acceptors (Lipinski definition) is 6. The summed E-state index contributed by atoms with van der Waals surface area (Å²) in [7, 11) is 0. The Kier molecular flexibility index (Phi) is 9.40. The minimum Gasteiger partial charge on any atom is -0.459 e. The number of piperidine rings is 1. The van der Waals surface area contributed by atoms with Gasteiger partial charge in [0, 0.05) is 32.7 Å². The van der Waals surface area contributed by atoms with Gasteiger partial charge in [0.05, 0.1) is 12.1 Å². The molecule has 0 aliphatic carbocycles. The molecule has 0 saturated carbocycles. The third kappa shape index (κ3) is 9.15. The molecule has 1 aromatic rings. The number of halogens is 3. The molecular formula is C28H42F3N3O4. The molecular weight excluding hydrogens is 499 g/mol. The highest BCUT2D eigenvalue weighted by Gasteiger charge is 2.33. The number of alkyl halides is 3. The van der Waals surface area contributed by atoms with Crippen LogP contribution in [0.25, 0.3) is 0 Å². The van der Waals surface area contributed by atoms with E-state index in [1.54, 1.807) is 11.0 Å². The average molecular weight is 542 g/mol. The number of esters is 1. The summed E-state index contributed by atoms with van der Waals surface area (Å²) in [4.78, 5) is 30.4. The van der Waals surface area contributed by atoms with E-state index in [9.17, 15) is 22.8 Å². The first-order chi connectivity index (χ1) is 17.5. The van der Waals surface area contributed by atoms with Gasteiger partial charge in [0.1, 0.15) is 11.2 Å². The summed E-state index contributed by atoms with van der Waals surface area (Å²) < 4.78 is 51.6. The van der Waals surface area contributed by atoms with Crippen molar-refractivity contribution < 1.29 is 32.2 Å². The van der Waals surface area contributed by atoms with Gasteiger partial charge in [-0.2, -0.15) is 13.2 Å². The zero-order valence-electron chi connectivity index (χ0n) is 23.5. The largest absolute Gasteiger partial charge is 0.459 e. The summed E-state index contributed by atoms with van der Waals surface area (Å²) in [5.41, 5.74) is -0.144. The van der Waals surface area contributed by atoms with E-state index in [4.69, 9.17) is 9.47 Å². The van der Waals surface area contributed by atoms with Crippen LogP contribution in [0.3, 0.4) is 0 Å². The zero-order chi connectivity index (χ0) is 28.3. The second kappa shape index (κ2) is 11.8. The van der Waals surface area contributed by atoms with E-state index >= 15 is 0 Å². The number of likely N-dealkylation sites (tertiary alicyclic amines) is 1. The molecule has 2 heterocycles. The van der Waals surface area contributed by atoms with Crippen LogP contribution in [0.15, 0.2) is 18.2 Å². The molecule has 2 aliphatic heterocycles. The van der Waals surface area contributed by atoms with Gasteiger partial charge in [-0.3, -0.25) is 14.6 Å². The number of amides is 1. The maximum atomic E-state index is 13.6. The summed E-state index contributed by atoms with van der Waals surface area (Å²) in [5, 5.41) is 0. The Morgan fingerprint density at radius 2 is 1.42 bits per heavy atom. The standard InChI is InChI=1S/C28H42F3N3O4/c1-26(2,3)37-24(35)19-32-11-9-20(10-12-32)23-17-22(28(29,30)31)8-7-21(23)18-33-13-15-34(16-14-33)25(36)38-27(4,5)6/h7-8,17,20H,9-16,18-19H2,1-6H3. The van der Waals surface area contributed by atoms with Crippen molar-refractivity contribution in [3.63, 3.8) is 0 Å². The van der Waals surface area contributed by atoms with Crippen LogP contribution in [-0.4, -0.2) is 83.8 Å². The number of benzene rings is 1. The van der Waals surface area contributed by atoms with Gasteiger partial charge < -0.3 is 14.4 Å². The summed E-state index contributed by atoms with van der Waals surface area (Å²) in [6.45, 7) is 15.2. The number of ether oxygens (including phenoxy) is 2. The number of carbonyl (C=O) groups is 2. The van der Waals surface area contributed by atoms with Crippen LogP contribution in [0.2, 0.25) is 0 Å². The molecule has 0 aromatic heterocycles. The van der Waals surface area contributed by atoms with Crippen LogP contribution in [0.1, 0.15) is 77.0 Å². The van der Waals surface area contributed by atoms with Crippen molar-refractivity contribution >= 4 is 12.1 Å². The van der Waals surface area contributed by atoms with Gasteiger partial charge in [-0.15, -0.1) is 0 Å². The molecule has 7 nitrogen and oxygen atoms in total. The Morgan fingerprint density at radius 1 is 0.842 bits per heavy atom. The summed E-state index contributed by atoms with van der Waals surface area (Å²) in [6.07, 6.45) is -3.41. The molecule has 1 amide bonds. The molecule has 2 saturated heterocycles. The second-order valence-electron chi connectivity index (χ2n) is 12.3. The molecule has 2 aliphatic rings. The van der Waals surface area contributed by atoms with Crippen molar-refractivity contribution in [1.29, 1.82) is 0 Å². The van der Waals surface area contributed by atoms with Crippen molar-refractivity contribution in [2.24, 2.45) is 0 Å². The van der Waals surface area contributed by atoms with E-state index in [1.165, 1.54) is 6.07 Å². The molecule has 0 radical (unpaired) electrons. The first-order valence-electron chi connectivity index (χ1n) is 13.3. The molecule has 38 heavy (non-hydrogen) atoms. The van der Waals surface area contributed by atoms with Gasteiger partial charge in [0.2, 0.25) is 0 Å². The Morgan fingerprint density at radius 3 is 1.95 bits per heavy atom. The van der Waals surface area contributed by atoms with Gasteiger partial charge in [-0.05, 0) is 96.7 Å². The minimum absolute atomic E-state index is 0.0229. The van der Waals surface area contributed by atoms with Gasteiger partial charge in [0.25, 0.3) is 0 Å². The maximum Gasteiger partial charge on any atom is 0.416 e. The Bertz CT molecular complexity index is 969. The lowest BCUT2D eigenvalue weighted by molar-refractivity contribution is -0.156. The monoisotopic (exact) mass is 541 g/mol. The molecule has 3 rings (SSSR count). The SMILES string of the molecule is CC(C)(C)OC(=O)CN1CCC(c2cc(C(F)(F)F)ccc2CN2CCN(C(=O)OC(C)(C)C)CC2)CC1. The lowest BCUT2D eigenvalue weighted by Crippen LogP contribution is -2.49. The average Bonchev–Trinajstić information content (AvgIpc) is 2.77. The van der Waals surface area contributed by atoms with Crippen molar-refractivity contribution in [3.05, 3.63) is 34.9 Å². The van der Waals surface area contributed by atoms with Crippen molar-refractivity contribution in [2.75, 3.05) is 45.8 Å². The van der Waals surface area contributed by atoms with E-state index in [0.29, 0.717) is 58.7 Å². The molecule has 0 N–H and O–H groups in total. The number of rotatable bonds is 5. The quantitative estimate of drug-likeness (QED) is 0.473. The van der Waals surface area contributed by atoms with E-state index in [2.05, 4.69) is 4.90 Å². The number of piperazine rings is 1. The van der Waals surface area contributed by atoms with E-state index in [-0.39, 0.29) is 24.5 Å². The molecule has 1 aromatic carbocycles. The van der Waals surface area contributed by atoms with Crippen LogP contribution in [-0.2, 0) is 27.0 Å². The second-order valence-corrected chi connectivity index (χ2v) is 12.3. The molecule has 2 fully saturated rings. The molecule has 10 heteroatoms. The molecule has 0 unspecified atom stereocenters. The van der Waals surface area contributed by atoms with E-state index in [1.807, 2.05) is 46.4 Å². The predicted molar refractivity (Wildman–Crippen MR) is 139 cm³/mol. The lowest BCUT2D eigenvalue weighted by Gasteiger charge is -2.37. The lowest BCUT2D eigenvalue weighted by atomic mass is 9.85. The van der Waals surface area contributed by atoms with Crippen LogP contribution in [0, 0.1) is 0 Å². The first-order valence-corrected chi connectivity index (χ1v) is 13.3. The van der Waals surface area contributed by atoms with Gasteiger partial charge in [0.15, 0.2) is 0 Å². The predicted octanol–water partition coefficient (Wildman–Crippen LogP) is 5.28. The molecule has 0 atom stereocenters. The highest BCUT2D eigenvalue weighted by molar-refractivity contribution is 5.72. The fourth-order valence-electron chi connectivity index (χ4n) is 4.91. The van der Waals surface area contributed by atoms with Crippen LogP contribution in [0.5, 0.6) is 0 Å². The van der Waals surface area contributed by atoms with E-state index in [0.717, 1.165) is 17.2 Å². The number of hydrogen-bond donors (Lipinski definition) is 0. The van der Waals surface area contributed by atoms with Crippen LogP contribution in [0.4, 0.5) is 18.0 Å². The highest BCUT2D eigenvalue weighted by atomic mass is 19.4. The van der Waals surface area contributed by atoms with E-state index < -0.39 is 22.9 Å². The Labute approximate surface area is 224 Å². The Balaban J connectivity index is 1.65. The minimum atomic E-state index is -4.41.